The van der Waals surface area contributed by atoms with E-state index in [0.29, 0.717) is 0 Å². The SMILES string of the molecule is BC(B)(c1ccc(-c2ccnc(-c3ccccc3)c2)cc1)C1CC2CCC1C2. The zero-order valence-corrected chi connectivity index (χ0v) is 16.9. The molecule has 3 aromatic rings. The molecule has 1 nitrogen and oxygen atoms in total. The molecule has 0 amide bonds. The zero-order chi connectivity index (χ0) is 19.1. The van der Waals surface area contributed by atoms with Gasteiger partial charge in [0.25, 0.3) is 0 Å². The van der Waals surface area contributed by atoms with Gasteiger partial charge in [-0.1, -0.05) is 71.8 Å². The fourth-order valence-electron chi connectivity index (χ4n) is 5.81. The lowest BCUT2D eigenvalue weighted by molar-refractivity contribution is 0.302. The van der Waals surface area contributed by atoms with Gasteiger partial charge in [0.2, 0.25) is 0 Å². The van der Waals surface area contributed by atoms with Crippen LogP contribution in [0.3, 0.4) is 0 Å². The Balaban J connectivity index is 1.41. The van der Waals surface area contributed by atoms with Crippen molar-refractivity contribution in [1.82, 2.24) is 4.98 Å². The van der Waals surface area contributed by atoms with Crippen LogP contribution < -0.4 is 0 Å². The molecule has 0 aliphatic heterocycles. The molecule has 3 heteroatoms. The summed E-state index contributed by atoms with van der Waals surface area (Å²) in [5.74, 6) is 2.80. The van der Waals surface area contributed by atoms with E-state index >= 15 is 0 Å². The van der Waals surface area contributed by atoms with Crippen LogP contribution in [-0.4, -0.2) is 20.7 Å². The summed E-state index contributed by atoms with van der Waals surface area (Å²) in [6.45, 7) is 0. The molecule has 2 aliphatic rings. The van der Waals surface area contributed by atoms with Crippen LogP contribution >= 0.6 is 0 Å². The first-order valence-corrected chi connectivity index (χ1v) is 10.7. The van der Waals surface area contributed by atoms with Gasteiger partial charge >= 0.3 is 0 Å². The highest BCUT2D eigenvalue weighted by Gasteiger charge is 2.46. The van der Waals surface area contributed by atoms with E-state index in [9.17, 15) is 0 Å². The van der Waals surface area contributed by atoms with Gasteiger partial charge in [-0.05, 0) is 60.3 Å². The molecule has 2 aromatic carbocycles. The predicted octanol–water partition coefficient (Wildman–Crippen LogP) is 4.27. The number of hydrogen-bond donors (Lipinski definition) is 0. The van der Waals surface area contributed by atoms with Crippen molar-refractivity contribution in [2.45, 2.75) is 30.9 Å². The number of rotatable bonds is 4. The Morgan fingerprint density at radius 1 is 0.786 bits per heavy atom. The topological polar surface area (TPSA) is 12.9 Å². The predicted molar refractivity (Wildman–Crippen MR) is 123 cm³/mol. The minimum absolute atomic E-state index is 0.270. The molecule has 2 bridgehead atoms. The number of benzene rings is 2. The summed E-state index contributed by atoms with van der Waals surface area (Å²) in [5.41, 5.74) is 6.19. The van der Waals surface area contributed by atoms with Gasteiger partial charge in [0.05, 0.1) is 5.69 Å². The largest absolute Gasteiger partial charge is 0.256 e. The molecule has 0 radical (unpaired) electrons. The normalized spacial score (nSPS) is 23.8. The molecule has 3 atom stereocenters. The molecule has 28 heavy (non-hydrogen) atoms. The lowest BCUT2D eigenvalue weighted by Gasteiger charge is -2.38. The molecular weight excluding hydrogens is 336 g/mol. The molecule has 0 spiro atoms. The summed E-state index contributed by atoms with van der Waals surface area (Å²) >= 11 is 0. The summed E-state index contributed by atoms with van der Waals surface area (Å²) in [6.07, 6.45) is 7.76. The van der Waals surface area contributed by atoms with Crippen molar-refractivity contribution in [3.05, 3.63) is 78.5 Å². The van der Waals surface area contributed by atoms with Gasteiger partial charge in [-0.25, -0.2) is 0 Å². The standard InChI is InChI=1S/C25H27B2N/c26-25(27,23-15-17-6-7-21(23)14-17)22-10-8-18(9-11-22)20-12-13-28-24(16-20)19-4-2-1-3-5-19/h1-5,8-13,16-17,21,23H,6-7,14-15,26-27H2. The molecule has 1 heterocycles. The second-order valence-corrected chi connectivity index (χ2v) is 9.38. The van der Waals surface area contributed by atoms with Gasteiger partial charge < -0.3 is 0 Å². The van der Waals surface area contributed by atoms with Crippen molar-refractivity contribution in [3.63, 3.8) is 0 Å². The van der Waals surface area contributed by atoms with Crippen molar-refractivity contribution in [3.8, 4) is 22.4 Å². The Kier molecular flexibility index (Phi) is 4.42. The van der Waals surface area contributed by atoms with E-state index in [1.54, 1.807) is 0 Å². The van der Waals surface area contributed by atoms with Gasteiger partial charge in [0.15, 0.2) is 0 Å². The van der Waals surface area contributed by atoms with E-state index in [1.807, 2.05) is 12.3 Å². The highest BCUT2D eigenvalue weighted by atomic mass is 14.7. The maximum atomic E-state index is 4.57. The summed E-state index contributed by atoms with van der Waals surface area (Å²) in [5, 5.41) is 0.270. The van der Waals surface area contributed by atoms with Crippen LogP contribution in [0.15, 0.2) is 72.9 Å². The average molecular weight is 363 g/mol. The van der Waals surface area contributed by atoms with Crippen molar-refractivity contribution in [1.29, 1.82) is 0 Å². The minimum Gasteiger partial charge on any atom is -0.256 e. The molecule has 0 saturated heterocycles. The number of nitrogens with zero attached hydrogens (tertiary/aromatic N) is 1. The van der Waals surface area contributed by atoms with Crippen LogP contribution in [0.2, 0.25) is 0 Å². The first-order valence-electron chi connectivity index (χ1n) is 10.7. The molecule has 2 saturated carbocycles. The Bertz CT molecular complexity index is 965. The third kappa shape index (κ3) is 3.11. The number of pyridine rings is 1. The van der Waals surface area contributed by atoms with Crippen molar-refractivity contribution in [2.24, 2.45) is 17.8 Å². The smallest absolute Gasteiger partial charge is 0.105 e. The van der Waals surface area contributed by atoms with Crippen molar-refractivity contribution >= 4 is 15.7 Å². The van der Waals surface area contributed by atoms with Crippen LogP contribution in [0.25, 0.3) is 22.4 Å². The molecule has 5 rings (SSSR count). The Hall–Kier alpha value is -2.28. The molecule has 3 unspecified atom stereocenters. The Morgan fingerprint density at radius 3 is 2.25 bits per heavy atom. The monoisotopic (exact) mass is 363 g/mol. The second-order valence-electron chi connectivity index (χ2n) is 9.38. The van der Waals surface area contributed by atoms with E-state index < -0.39 is 0 Å². The van der Waals surface area contributed by atoms with Crippen molar-refractivity contribution < 1.29 is 0 Å². The van der Waals surface area contributed by atoms with Crippen LogP contribution in [0.1, 0.15) is 31.2 Å². The number of aromatic nitrogens is 1. The van der Waals surface area contributed by atoms with E-state index in [-0.39, 0.29) is 5.21 Å². The number of hydrogen-bond acceptors (Lipinski definition) is 1. The minimum atomic E-state index is 0.270. The third-order valence-electron chi connectivity index (χ3n) is 7.46. The average Bonchev–Trinajstić information content (AvgIpc) is 3.39. The van der Waals surface area contributed by atoms with E-state index in [2.05, 4.69) is 81.3 Å². The van der Waals surface area contributed by atoms with Gasteiger partial charge in [0.1, 0.15) is 15.7 Å². The van der Waals surface area contributed by atoms with Crippen LogP contribution in [0.4, 0.5) is 0 Å². The fourth-order valence-corrected chi connectivity index (χ4v) is 5.81. The van der Waals surface area contributed by atoms with Crippen LogP contribution in [-0.2, 0) is 5.21 Å². The highest BCUT2D eigenvalue weighted by molar-refractivity contribution is 6.40. The van der Waals surface area contributed by atoms with E-state index in [4.69, 9.17) is 0 Å². The first-order chi connectivity index (χ1) is 13.6. The summed E-state index contributed by atoms with van der Waals surface area (Å²) in [7, 11) is 4.93. The Labute approximate surface area is 170 Å². The summed E-state index contributed by atoms with van der Waals surface area (Å²) in [4.78, 5) is 4.57. The molecule has 0 N–H and O–H groups in total. The van der Waals surface area contributed by atoms with E-state index in [1.165, 1.54) is 47.9 Å². The van der Waals surface area contributed by atoms with Crippen molar-refractivity contribution in [2.75, 3.05) is 0 Å². The number of fused-ring (bicyclic) bond motifs is 2. The molecule has 138 valence electrons. The lowest BCUT2D eigenvalue weighted by Crippen LogP contribution is -2.39. The second kappa shape index (κ2) is 6.95. The molecule has 2 aliphatic carbocycles. The van der Waals surface area contributed by atoms with Gasteiger partial charge in [-0.2, -0.15) is 0 Å². The quantitative estimate of drug-likeness (QED) is 0.631. The van der Waals surface area contributed by atoms with Gasteiger partial charge in [-0.3, -0.25) is 4.98 Å². The molecule has 1 aromatic heterocycles. The summed E-state index contributed by atoms with van der Waals surface area (Å²) < 4.78 is 0. The molecular formula is C25H27B2N. The van der Waals surface area contributed by atoms with Crippen LogP contribution in [0, 0.1) is 17.8 Å². The van der Waals surface area contributed by atoms with Gasteiger partial charge in [-0.15, -0.1) is 0 Å². The Morgan fingerprint density at radius 2 is 1.57 bits per heavy atom. The summed E-state index contributed by atoms with van der Waals surface area (Å²) in [6, 6.07) is 24.1. The van der Waals surface area contributed by atoms with E-state index in [0.717, 1.165) is 23.4 Å². The zero-order valence-electron chi connectivity index (χ0n) is 16.9. The van der Waals surface area contributed by atoms with Gasteiger partial charge in [0, 0.05) is 11.8 Å². The fraction of sp³-hybridized carbons (Fsp3) is 0.320. The van der Waals surface area contributed by atoms with Crippen LogP contribution in [0.5, 0.6) is 0 Å². The third-order valence-corrected chi connectivity index (χ3v) is 7.46. The first kappa shape index (κ1) is 17.8. The lowest BCUT2D eigenvalue weighted by atomic mass is 9.43. The maximum Gasteiger partial charge on any atom is 0.105 e. The maximum absolute atomic E-state index is 4.57. The molecule has 2 fully saturated rings. The highest BCUT2D eigenvalue weighted by Crippen LogP contribution is 2.53.